The number of thiazole rings is 1. The summed E-state index contributed by atoms with van der Waals surface area (Å²) >= 11 is 7.54. The Morgan fingerprint density at radius 2 is 2.00 bits per heavy atom. The number of aromatic nitrogens is 1. The van der Waals surface area contributed by atoms with E-state index in [4.69, 9.17) is 11.6 Å². The molecule has 0 radical (unpaired) electrons. The molecule has 0 bridgehead atoms. The van der Waals surface area contributed by atoms with Gasteiger partial charge in [-0.25, -0.2) is 4.98 Å². The fourth-order valence-corrected chi connectivity index (χ4v) is 4.68. The lowest BCUT2D eigenvalue weighted by Crippen LogP contribution is -2.44. The van der Waals surface area contributed by atoms with Gasteiger partial charge in [0.1, 0.15) is 10.7 Å². The summed E-state index contributed by atoms with van der Waals surface area (Å²) in [5.41, 5.74) is 1.93. The first-order valence-corrected chi connectivity index (χ1v) is 9.63. The summed E-state index contributed by atoms with van der Waals surface area (Å²) in [6.45, 7) is 3.89. The van der Waals surface area contributed by atoms with Gasteiger partial charge in [-0.15, -0.1) is 36.2 Å². The third-order valence-electron chi connectivity index (χ3n) is 5.24. The number of carbonyl (C=O) groups is 1. The monoisotopic (exact) mass is 433 g/mol. The quantitative estimate of drug-likeness (QED) is 0.755. The van der Waals surface area contributed by atoms with Gasteiger partial charge in [0.2, 0.25) is 0 Å². The summed E-state index contributed by atoms with van der Waals surface area (Å²) in [4.78, 5) is 19.2. The first-order valence-electron chi connectivity index (χ1n) is 8.37. The Bertz CT molecular complexity index is 752. The highest BCUT2D eigenvalue weighted by molar-refractivity contribution is 7.13. The number of carbonyl (C=O) groups excluding carboxylic acids is 1. The normalized spacial score (nSPS) is 18.3. The minimum absolute atomic E-state index is 0. The molecule has 4 nitrogen and oxygen atoms in total. The second-order valence-corrected chi connectivity index (χ2v) is 8.06. The summed E-state index contributed by atoms with van der Waals surface area (Å²) in [6, 6.07) is 7.59. The number of nitrogens with one attached hydrogen (secondary N) is 1. The number of hydrogen-bond donors (Lipinski definition) is 1. The van der Waals surface area contributed by atoms with Crippen molar-refractivity contribution in [1.82, 2.24) is 15.2 Å². The Kier molecular flexibility index (Phi) is 7.34. The van der Waals surface area contributed by atoms with E-state index in [-0.39, 0.29) is 30.7 Å². The zero-order valence-corrected chi connectivity index (χ0v) is 17.4. The molecular formula is C18H22Cl3N3OS. The van der Waals surface area contributed by atoms with Crippen molar-refractivity contribution >= 4 is 53.7 Å². The van der Waals surface area contributed by atoms with Crippen LogP contribution in [0.5, 0.6) is 0 Å². The summed E-state index contributed by atoms with van der Waals surface area (Å²) < 4.78 is 0. The van der Waals surface area contributed by atoms with Gasteiger partial charge in [0.15, 0.2) is 0 Å². The lowest BCUT2D eigenvalue weighted by Gasteiger charge is -2.38. The van der Waals surface area contributed by atoms with E-state index >= 15 is 0 Å². The fraction of sp³-hybridized carbons (Fsp3) is 0.444. The molecule has 2 aromatic rings. The van der Waals surface area contributed by atoms with Crippen LogP contribution in [0.4, 0.5) is 0 Å². The Hall–Kier alpha value is -0.850. The fourth-order valence-electron chi connectivity index (χ4n) is 3.69. The number of benzene rings is 1. The number of halogens is 3. The van der Waals surface area contributed by atoms with E-state index in [0.29, 0.717) is 16.1 Å². The van der Waals surface area contributed by atoms with Gasteiger partial charge in [-0.2, -0.15) is 0 Å². The van der Waals surface area contributed by atoms with Gasteiger partial charge in [0.25, 0.3) is 5.91 Å². The second kappa shape index (κ2) is 8.89. The molecule has 1 aromatic carbocycles. The molecule has 1 aromatic heterocycles. The lowest BCUT2D eigenvalue weighted by atomic mass is 9.78. The predicted octanol–water partition coefficient (Wildman–Crippen LogP) is 4.52. The van der Waals surface area contributed by atoms with Crippen LogP contribution in [0.15, 0.2) is 29.6 Å². The largest absolute Gasteiger partial charge is 0.337 e. The van der Waals surface area contributed by atoms with E-state index in [1.54, 1.807) is 0 Å². The van der Waals surface area contributed by atoms with Crippen molar-refractivity contribution < 1.29 is 4.79 Å². The van der Waals surface area contributed by atoms with E-state index in [0.717, 1.165) is 49.6 Å². The van der Waals surface area contributed by atoms with Crippen LogP contribution in [-0.4, -0.2) is 42.0 Å². The maximum Gasteiger partial charge on any atom is 0.273 e. The molecule has 2 aliphatic rings. The van der Waals surface area contributed by atoms with Crippen molar-refractivity contribution in [2.45, 2.75) is 19.3 Å². The SMILES string of the molecule is Cl.Cl.O=C(c1csc(-c2cccc(Cl)c2)n1)N1CCC2(CCNC2)CC1. The average molecular weight is 435 g/mol. The van der Waals surface area contributed by atoms with E-state index in [1.165, 1.54) is 17.8 Å². The highest BCUT2D eigenvalue weighted by Crippen LogP contribution is 2.37. The number of amides is 1. The molecule has 1 amide bonds. The van der Waals surface area contributed by atoms with Crippen LogP contribution < -0.4 is 5.32 Å². The molecule has 4 rings (SSSR count). The van der Waals surface area contributed by atoms with Crippen molar-refractivity contribution in [3.63, 3.8) is 0 Å². The number of likely N-dealkylation sites (tertiary alicyclic amines) is 1. The minimum Gasteiger partial charge on any atom is -0.337 e. The number of nitrogens with zero attached hydrogens (tertiary/aromatic N) is 2. The van der Waals surface area contributed by atoms with Crippen molar-refractivity contribution in [1.29, 1.82) is 0 Å². The van der Waals surface area contributed by atoms with Gasteiger partial charge in [-0.05, 0) is 43.4 Å². The highest BCUT2D eigenvalue weighted by atomic mass is 35.5. The average Bonchev–Trinajstić information content (AvgIpc) is 3.25. The Morgan fingerprint density at radius 1 is 1.23 bits per heavy atom. The van der Waals surface area contributed by atoms with E-state index in [2.05, 4.69) is 10.3 Å². The van der Waals surface area contributed by atoms with Crippen molar-refractivity contribution in [2.75, 3.05) is 26.2 Å². The van der Waals surface area contributed by atoms with Crippen LogP contribution in [0.3, 0.4) is 0 Å². The van der Waals surface area contributed by atoms with Gasteiger partial charge >= 0.3 is 0 Å². The Labute approximate surface area is 175 Å². The van der Waals surface area contributed by atoms with Crippen LogP contribution in [0.1, 0.15) is 29.8 Å². The minimum atomic E-state index is 0. The number of hydrogen-bond acceptors (Lipinski definition) is 4. The standard InChI is InChI=1S/C18H20ClN3OS.2ClH/c19-14-3-1-2-13(10-14)16-21-15(11-24-16)17(23)22-8-5-18(6-9-22)4-7-20-12-18;;/h1-3,10-11,20H,4-9,12H2;2*1H. The molecule has 0 aliphatic carbocycles. The summed E-state index contributed by atoms with van der Waals surface area (Å²) in [5, 5.41) is 6.85. The van der Waals surface area contributed by atoms with Gasteiger partial charge in [0.05, 0.1) is 0 Å². The van der Waals surface area contributed by atoms with Crippen molar-refractivity contribution in [3.8, 4) is 10.6 Å². The topological polar surface area (TPSA) is 45.2 Å². The first kappa shape index (κ1) is 21.5. The van der Waals surface area contributed by atoms with Gasteiger partial charge < -0.3 is 10.2 Å². The predicted molar refractivity (Wildman–Crippen MR) is 112 cm³/mol. The maximum atomic E-state index is 12.7. The molecule has 2 aliphatic heterocycles. The van der Waals surface area contributed by atoms with Gasteiger partial charge in [0, 0.05) is 35.6 Å². The molecule has 26 heavy (non-hydrogen) atoms. The Balaban J connectivity index is 0.00000121. The molecule has 3 heterocycles. The van der Waals surface area contributed by atoms with Crippen molar-refractivity contribution in [3.05, 3.63) is 40.4 Å². The van der Waals surface area contributed by atoms with E-state index < -0.39 is 0 Å². The smallest absolute Gasteiger partial charge is 0.273 e. The van der Waals surface area contributed by atoms with Crippen LogP contribution in [-0.2, 0) is 0 Å². The lowest BCUT2D eigenvalue weighted by molar-refractivity contribution is 0.0603. The van der Waals surface area contributed by atoms with Crippen molar-refractivity contribution in [2.24, 2.45) is 5.41 Å². The summed E-state index contributed by atoms with van der Waals surface area (Å²) in [6.07, 6.45) is 3.43. The molecule has 0 atom stereocenters. The zero-order valence-electron chi connectivity index (χ0n) is 14.2. The molecule has 0 saturated carbocycles. The Morgan fingerprint density at radius 3 is 2.65 bits per heavy atom. The third kappa shape index (κ3) is 4.34. The van der Waals surface area contributed by atoms with Gasteiger partial charge in [-0.1, -0.05) is 23.7 Å². The number of rotatable bonds is 2. The first-order chi connectivity index (χ1) is 11.7. The highest BCUT2D eigenvalue weighted by Gasteiger charge is 2.38. The second-order valence-electron chi connectivity index (χ2n) is 6.77. The molecule has 2 fully saturated rings. The van der Waals surface area contributed by atoms with Gasteiger partial charge in [-0.3, -0.25) is 4.79 Å². The van der Waals surface area contributed by atoms with E-state index in [9.17, 15) is 4.79 Å². The van der Waals surface area contributed by atoms with E-state index in [1.807, 2.05) is 34.5 Å². The molecular weight excluding hydrogens is 413 g/mol. The maximum absolute atomic E-state index is 12.7. The van der Waals surface area contributed by atoms with Crippen LogP contribution in [0.25, 0.3) is 10.6 Å². The van der Waals surface area contributed by atoms with Crippen LogP contribution >= 0.6 is 47.8 Å². The zero-order chi connectivity index (χ0) is 16.6. The molecule has 2 saturated heterocycles. The van der Waals surface area contributed by atoms with Crippen LogP contribution in [0.2, 0.25) is 5.02 Å². The molecule has 1 spiro atoms. The van der Waals surface area contributed by atoms with Crippen LogP contribution in [0, 0.1) is 5.41 Å². The molecule has 8 heteroatoms. The molecule has 142 valence electrons. The summed E-state index contributed by atoms with van der Waals surface area (Å²) in [7, 11) is 0. The molecule has 0 unspecified atom stereocenters. The molecule has 1 N–H and O–H groups in total. The number of piperidine rings is 1. The third-order valence-corrected chi connectivity index (χ3v) is 6.36. The summed E-state index contributed by atoms with van der Waals surface area (Å²) in [5.74, 6) is 0.0559.